The zero-order valence-electron chi connectivity index (χ0n) is 18.9. The lowest BCUT2D eigenvalue weighted by Crippen LogP contribution is -2.38. The molecular weight excluding hydrogens is 520 g/mol. The van der Waals surface area contributed by atoms with Crippen molar-refractivity contribution < 1.29 is 17.9 Å². The van der Waals surface area contributed by atoms with Crippen molar-refractivity contribution in [1.82, 2.24) is 10.3 Å². The summed E-state index contributed by atoms with van der Waals surface area (Å²) in [5.41, 5.74) is 1.16. The summed E-state index contributed by atoms with van der Waals surface area (Å²) >= 11 is 3.45. The first-order valence-corrected chi connectivity index (χ1v) is 13.5. The first-order chi connectivity index (χ1) is 16.4. The first-order valence-electron chi connectivity index (χ1n) is 11.3. The Morgan fingerprint density at radius 2 is 2.00 bits per heavy atom. The fourth-order valence-corrected chi connectivity index (χ4v) is 5.77. The highest BCUT2D eigenvalue weighted by Crippen LogP contribution is 2.28. The van der Waals surface area contributed by atoms with Crippen LogP contribution < -0.4 is 10.1 Å². The number of nitrogens with zero attached hydrogens (tertiary/aromatic N) is 3. The number of nitrogens with one attached hydrogen (secondary N) is 1. The third kappa shape index (κ3) is 5.67. The molecule has 0 aromatic heterocycles. The lowest BCUT2D eigenvalue weighted by Gasteiger charge is -2.24. The quantitative estimate of drug-likeness (QED) is 0.416. The average Bonchev–Trinajstić information content (AvgIpc) is 3.11. The molecule has 1 fully saturated rings. The van der Waals surface area contributed by atoms with Crippen molar-refractivity contribution in [3.63, 3.8) is 0 Å². The Hall–Kier alpha value is -2.72. The Morgan fingerprint density at radius 1 is 1.24 bits per heavy atom. The lowest BCUT2D eigenvalue weighted by atomic mass is 9.95. The number of hydrogen-bond donors (Lipinski definition) is 1. The number of carbonyl (C=O) groups excluding carboxylic acids is 1. The zero-order chi connectivity index (χ0) is 24.1. The van der Waals surface area contributed by atoms with Gasteiger partial charge in [-0.05, 0) is 43.2 Å². The topological polar surface area (TPSA) is 100 Å². The molecule has 0 atom stereocenters. The van der Waals surface area contributed by atoms with Gasteiger partial charge in [-0.3, -0.25) is 4.79 Å². The van der Waals surface area contributed by atoms with Crippen LogP contribution in [0.15, 0.2) is 61.3 Å². The zero-order valence-corrected chi connectivity index (χ0v) is 21.3. The largest absolute Gasteiger partial charge is 0.496 e. The number of hydrazone groups is 1. The minimum absolute atomic E-state index is 0.0816. The van der Waals surface area contributed by atoms with Crippen LogP contribution in [0.25, 0.3) is 0 Å². The van der Waals surface area contributed by atoms with Gasteiger partial charge in [-0.25, -0.2) is 5.01 Å². The molecule has 180 valence electrons. The maximum Gasteiger partial charge on any atom is 0.285 e. The normalized spacial score (nSPS) is 17.3. The number of hydrogen-bond acceptors (Lipinski definition) is 6. The van der Waals surface area contributed by atoms with Crippen molar-refractivity contribution in [3.8, 4) is 5.75 Å². The number of sulfonamides is 1. The average molecular weight is 547 g/mol. The highest BCUT2D eigenvalue weighted by Gasteiger charge is 2.32. The van der Waals surface area contributed by atoms with E-state index in [9.17, 15) is 13.2 Å². The molecule has 0 unspecified atom stereocenters. The minimum Gasteiger partial charge on any atom is -0.496 e. The van der Waals surface area contributed by atoms with E-state index in [1.807, 2.05) is 12.1 Å². The summed E-state index contributed by atoms with van der Waals surface area (Å²) in [4.78, 5) is 12.8. The second-order valence-corrected chi connectivity index (χ2v) is 10.8. The molecular formula is C24H27BrN4O4S. The molecule has 1 N–H and O–H groups in total. The molecule has 34 heavy (non-hydrogen) atoms. The molecule has 0 saturated heterocycles. The van der Waals surface area contributed by atoms with Gasteiger partial charge >= 0.3 is 0 Å². The number of amides is 1. The predicted molar refractivity (Wildman–Crippen MR) is 135 cm³/mol. The van der Waals surface area contributed by atoms with E-state index in [0.29, 0.717) is 16.9 Å². The van der Waals surface area contributed by atoms with E-state index in [1.54, 1.807) is 37.6 Å². The molecule has 1 aliphatic heterocycles. The molecule has 4 rings (SSSR count). The third-order valence-corrected chi connectivity index (χ3v) is 7.72. The van der Waals surface area contributed by atoms with E-state index >= 15 is 0 Å². The van der Waals surface area contributed by atoms with Crippen LogP contribution in [0.3, 0.4) is 0 Å². The van der Waals surface area contributed by atoms with Gasteiger partial charge in [-0.15, -0.1) is 4.40 Å². The Bertz CT molecular complexity index is 1220. The Balaban J connectivity index is 1.59. The number of fused-ring (bicyclic) bond motifs is 1. The highest BCUT2D eigenvalue weighted by atomic mass is 79.9. The van der Waals surface area contributed by atoms with E-state index in [4.69, 9.17) is 4.74 Å². The van der Waals surface area contributed by atoms with Gasteiger partial charge in [-0.1, -0.05) is 47.3 Å². The molecule has 0 spiro atoms. The van der Waals surface area contributed by atoms with Gasteiger partial charge in [0.05, 0.1) is 19.9 Å². The Morgan fingerprint density at radius 3 is 2.76 bits per heavy atom. The van der Waals surface area contributed by atoms with Crippen LogP contribution >= 0.6 is 15.9 Å². The highest BCUT2D eigenvalue weighted by molar-refractivity contribution is 9.10. The smallest absolute Gasteiger partial charge is 0.285 e. The van der Waals surface area contributed by atoms with Crippen LogP contribution in [0.5, 0.6) is 5.75 Å². The van der Waals surface area contributed by atoms with E-state index < -0.39 is 10.0 Å². The number of ether oxygens (including phenoxy) is 1. The summed E-state index contributed by atoms with van der Waals surface area (Å²) in [6.07, 6.45) is 7.19. The van der Waals surface area contributed by atoms with Crippen molar-refractivity contribution in [1.29, 1.82) is 0 Å². The van der Waals surface area contributed by atoms with E-state index in [-0.39, 0.29) is 35.6 Å². The SMILES string of the molecule is COc1ccc(Br)cc1C=NN(CCC(=O)NC1CCCCC1)C1=NS(=O)(=O)c2ccccc21. The van der Waals surface area contributed by atoms with Crippen LogP contribution in [0.1, 0.15) is 49.7 Å². The van der Waals surface area contributed by atoms with Crippen molar-refractivity contribution in [3.05, 3.63) is 58.1 Å². The number of amidine groups is 1. The van der Waals surface area contributed by atoms with Crippen LogP contribution in [0, 0.1) is 0 Å². The molecule has 10 heteroatoms. The Kier molecular flexibility index (Phi) is 7.67. The van der Waals surface area contributed by atoms with Gasteiger partial charge in [-0.2, -0.15) is 13.5 Å². The summed E-state index contributed by atoms with van der Waals surface area (Å²) in [6.45, 7) is 0.175. The van der Waals surface area contributed by atoms with E-state index in [1.165, 1.54) is 17.5 Å². The monoisotopic (exact) mass is 546 g/mol. The molecule has 1 saturated carbocycles. The molecule has 8 nitrogen and oxygen atoms in total. The van der Waals surface area contributed by atoms with Gasteiger partial charge in [0.25, 0.3) is 10.0 Å². The van der Waals surface area contributed by atoms with Crippen LogP contribution in [-0.2, 0) is 14.8 Å². The second kappa shape index (κ2) is 10.7. The van der Waals surface area contributed by atoms with Crippen molar-refractivity contribution >= 4 is 43.9 Å². The van der Waals surface area contributed by atoms with Gasteiger partial charge in [0.1, 0.15) is 10.6 Å². The number of halogens is 1. The maximum absolute atomic E-state index is 12.6. The maximum atomic E-state index is 12.6. The third-order valence-electron chi connectivity index (χ3n) is 5.91. The molecule has 2 aromatic rings. The lowest BCUT2D eigenvalue weighted by molar-refractivity contribution is -0.122. The molecule has 1 heterocycles. The van der Waals surface area contributed by atoms with Crippen molar-refractivity contribution in [2.75, 3.05) is 13.7 Å². The summed E-state index contributed by atoms with van der Waals surface area (Å²) in [7, 11) is -2.26. The second-order valence-electron chi connectivity index (χ2n) is 8.29. The Labute approximate surface area is 208 Å². The van der Waals surface area contributed by atoms with E-state index in [2.05, 4.69) is 30.7 Å². The number of methoxy groups -OCH3 is 1. The van der Waals surface area contributed by atoms with Gasteiger partial charge < -0.3 is 10.1 Å². The molecule has 2 aromatic carbocycles. The molecule has 1 amide bonds. The molecule has 0 bridgehead atoms. The predicted octanol–water partition coefficient (Wildman–Crippen LogP) is 4.08. The van der Waals surface area contributed by atoms with Gasteiger partial charge in [0.15, 0.2) is 5.84 Å². The van der Waals surface area contributed by atoms with Gasteiger partial charge in [0.2, 0.25) is 5.91 Å². The molecule has 2 aliphatic rings. The molecule has 0 radical (unpaired) electrons. The fraction of sp³-hybridized carbons (Fsp3) is 0.375. The molecule has 1 aliphatic carbocycles. The summed E-state index contributed by atoms with van der Waals surface area (Å²) in [6, 6.07) is 12.3. The summed E-state index contributed by atoms with van der Waals surface area (Å²) < 4.78 is 35.5. The van der Waals surface area contributed by atoms with E-state index in [0.717, 1.165) is 30.2 Å². The van der Waals surface area contributed by atoms with Crippen LogP contribution in [0.2, 0.25) is 0 Å². The van der Waals surface area contributed by atoms with Crippen molar-refractivity contribution in [2.24, 2.45) is 9.50 Å². The summed E-state index contributed by atoms with van der Waals surface area (Å²) in [5, 5.41) is 9.12. The number of carbonyl (C=O) groups is 1. The number of rotatable bonds is 7. The van der Waals surface area contributed by atoms with Crippen LogP contribution in [-0.4, -0.2) is 51.1 Å². The van der Waals surface area contributed by atoms with Gasteiger partial charge in [0, 0.05) is 28.1 Å². The number of benzene rings is 2. The van der Waals surface area contributed by atoms with Crippen molar-refractivity contribution in [2.45, 2.75) is 49.5 Å². The first kappa shape index (κ1) is 24.4. The van der Waals surface area contributed by atoms with Crippen LogP contribution in [0.4, 0.5) is 0 Å². The summed E-state index contributed by atoms with van der Waals surface area (Å²) in [5.74, 6) is 0.733. The minimum atomic E-state index is -3.82. The fourth-order valence-electron chi connectivity index (χ4n) is 4.19. The standard InChI is InChI=1S/C24H27BrN4O4S/c1-33-21-12-11-18(25)15-17(21)16-26-29(14-13-23(30)27-19-7-3-2-4-8-19)24-20-9-5-6-10-22(20)34(31,32)28-24/h5-6,9-12,15-16,19H,2-4,7-8,13-14H2,1H3,(H,27,30).